The van der Waals surface area contributed by atoms with E-state index in [2.05, 4.69) is 19.4 Å². The van der Waals surface area contributed by atoms with Crippen LogP contribution < -0.4 is 59.1 Å². The molecule has 10 nitrogen and oxygen atoms in total. The molecule has 0 aliphatic rings. The topological polar surface area (TPSA) is 164 Å². The molecule has 0 amide bonds. The third-order valence-electron chi connectivity index (χ3n) is 2.91. The zero-order valence-electron chi connectivity index (χ0n) is 14.4. The normalized spacial score (nSPS) is 17.2. The monoisotopic (exact) mass is 404 g/mol. The minimum absolute atomic E-state index is 0. The fraction of sp³-hybridized carbons (Fsp3) is 0.800. The van der Waals surface area contributed by atoms with Gasteiger partial charge in [-0.05, 0) is 25.7 Å². The number of rotatable bonds is 11. The molecule has 24 heavy (non-hydrogen) atoms. The van der Waals surface area contributed by atoms with E-state index in [4.69, 9.17) is 0 Å². The van der Waals surface area contributed by atoms with Crippen molar-refractivity contribution in [1.29, 1.82) is 0 Å². The molecule has 0 saturated heterocycles. The Morgan fingerprint density at radius 3 is 1.33 bits per heavy atom. The van der Waals surface area contributed by atoms with E-state index in [0.717, 1.165) is 14.2 Å². The third-order valence-corrected chi connectivity index (χ3v) is 5.81. The van der Waals surface area contributed by atoms with Crippen molar-refractivity contribution in [2.24, 2.45) is 10.3 Å². The Kier molecular flexibility index (Phi) is 19.1. The summed E-state index contributed by atoms with van der Waals surface area (Å²) < 4.78 is 31.4. The molecule has 0 bridgehead atoms. The molecule has 0 fully saturated rings. The van der Waals surface area contributed by atoms with Gasteiger partial charge in [-0.2, -0.15) is 0 Å². The smallest absolute Gasteiger partial charge is 0.792 e. The van der Waals surface area contributed by atoms with E-state index in [1.165, 1.54) is 0 Å². The Hall–Kier alpha value is 1.24. The molecule has 0 aromatic rings. The molecule has 130 valence electrons. The average molecular weight is 404 g/mol. The number of hydrogen-bond acceptors (Lipinski definition) is 8. The molecule has 0 saturated carbocycles. The van der Waals surface area contributed by atoms with Crippen molar-refractivity contribution in [3.63, 3.8) is 0 Å². The summed E-state index contributed by atoms with van der Waals surface area (Å²) in [6, 6.07) is 0. The van der Waals surface area contributed by atoms with Crippen LogP contribution in [0.5, 0.6) is 0 Å². The first-order valence-corrected chi connectivity index (χ1v) is 9.57. The summed E-state index contributed by atoms with van der Waals surface area (Å²) in [5.74, 6) is 0. The molecule has 0 aromatic heterocycles. The van der Waals surface area contributed by atoms with E-state index < -0.39 is 26.1 Å². The molecule has 0 spiro atoms. The largest absolute Gasteiger partial charge is 1.00 e. The van der Waals surface area contributed by atoms with Crippen molar-refractivity contribution in [3.8, 4) is 0 Å². The van der Waals surface area contributed by atoms with Crippen LogP contribution in [0, 0.1) is 10.4 Å². The molecule has 0 aliphatic carbocycles. The fourth-order valence-electron chi connectivity index (χ4n) is 1.61. The van der Waals surface area contributed by atoms with Crippen LogP contribution in [0.3, 0.4) is 0 Å². The van der Waals surface area contributed by atoms with Gasteiger partial charge in [0.2, 0.25) is 0 Å². The maximum atomic E-state index is 11.4. The maximum Gasteiger partial charge on any atom is 1.00 e. The second-order valence-corrected chi connectivity index (χ2v) is 8.18. The first kappa shape index (κ1) is 30.0. The Balaban J connectivity index is -0.00000220. The van der Waals surface area contributed by atoms with Gasteiger partial charge in [-0.15, -0.1) is 0 Å². The van der Waals surface area contributed by atoms with E-state index in [1.807, 2.05) is 0 Å². The Morgan fingerprint density at radius 1 is 0.833 bits per heavy atom. The SMILES string of the molecule is COP(=O)(O)/C(CCCCCC/C(=N/[O-])P(=O)(O)OC)=N\[O-].[Na+].[Na+]. The summed E-state index contributed by atoms with van der Waals surface area (Å²) in [6.07, 6.45) is 2.00. The predicted octanol–water partition coefficient (Wildman–Crippen LogP) is -3.21. The number of nitrogens with zero attached hydrogens (tertiary/aromatic N) is 2. The number of unbranched alkanes of at least 4 members (excludes halogenated alkanes) is 3. The van der Waals surface area contributed by atoms with Gasteiger partial charge >= 0.3 is 74.3 Å². The zero-order valence-corrected chi connectivity index (χ0v) is 20.2. The predicted molar refractivity (Wildman–Crippen MR) is 83.0 cm³/mol. The van der Waals surface area contributed by atoms with Crippen molar-refractivity contribution in [2.75, 3.05) is 14.2 Å². The standard InChI is InChI=1S/C10H22N2O8P2.2Na/c1-19-21(15,16)9(11-13)7-5-3-4-6-8-10(12-14)22(17,18)20-2;;/h13-14H,3-8H2,1-2H3,(H,15,16)(H,17,18);;/q;2*+1/p-2/b11-9-,12-10-;;. The van der Waals surface area contributed by atoms with Crippen molar-refractivity contribution < 1.29 is 87.1 Å². The van der Waals surface area contributed by atoms with Gasteiger partial charge in [-0.25, -0.2) is 0 Å². The van der Waals surface area contributed by atoms with Crippen LogP contribution >= 0.6 is 15.2 Å². The summed E-state index contributed by atoms with van der Waals surface area (Å²) in [4.78, 5) is 18.6. The summed E-state index contributed by atoms with van der Waals surface area (Å²) in [5.41, 5.74) is -0.868. The molecule has 0 rings (SSSR count). The number of hydrogen-bond donors (Lipinski definition) is 2. The average Bonchev–Trinajstić information content (AvgIpc) is 2.49. The zero-order chi connectivity index (χ0) is 17.2. The summed E-state index contributed by atoms with van der Waals surface area (Å²) >= 11 is 0. The molecule has 2 atom stereocenters. The van der Waals surface area contributed by atoms with Crippen LogP contribution in [0.2, 0.25) is 0 Å². The minimum Gasteiger partial charge on any atom is -0.792 e. The summed E-state index contributed by atoms with van der Waals surface area (Å²) in [6.45, 7) is 0. The molecule has 0 aromatic carbocycles. The van der Waals surface area contributed by atoms with E-state index in [9.17, 15) is 29.3 Å². The quantitative estimate of drug-likeness (QED) is 0.119. The first-order valence-electron chi connectivity index (χ1n) is 6.41. The molecular weight excluding hydrogens is 384 g/mol. The van der Waals surface area contributed by atoms with Crippen molar-refractivity contribution in [2.45, 2.75) is 38.5 Å². The van der Waals surface area contributed by atoms with Crippen molar-refractivity contribution >= 4 is 26.1 Å². The van der Waals surface area contributed by atoms with Crippen LogP contribution in [0.25, 0.3) is 0 Å². The van der Waals surface area contributed by atoms with Gasteiger partial charge < -0.3 is 39.6 Å². The van der Waals surface area contributed by atoms with E-state index in [1.54, 1.807) is 0 Å². The molecule has 2 unspecified atom stereocenters. The van der Waals surface area contributed by atoms with Crippen molar-refractivity contribution in [1.82, 2.24) is 0 Å². The Morgan fingerprint density at radius 2 is 1.12 bits per heavy atom. The van der Waals surface area contributed by atoms with Crippen LogP contribution in [0.15, 0.2) is 10.3 Å². The second-order valence-electron chi connectivity index (χ2n) is 4.34. The van der Waals surface area contributed by atoms with Crippen LogP contribution in [0.4, 0.5) is 0 Å². The van der Waals surface area contributed by atoms with Gasteiger partial charge in [0.05, 0.1) is 0 Å². The van der Waals surface area contributed by atoms with E-state index >= 15 is 0 Å². The van der Waals surface area contributed by atoms with Gasteiger partial charge in [0.15, 0.2) is 0 Å². The molecule has 0 aliphatic heterocycles. The van der Waals surface area contributed by atoms with Gasteiger partial charge in [-0.1, -0.05) is 12.8 Å². The fourth-order valence-corrected chi connectivity index (χ4v) is 3.12. The second kappa shape index (κ2) is 15.3. The summed E-state index contributed by atoms with van der Waals surface area (Å²) in [5, 5.41) is 26.0. The minimum atomic E-state index is -4.10. The Bertz CT molecular complexity index is 459. The third kappa shape index (κ3) is 11.1. The van der Waals surface area contributed by atoms with Crippen LogP contribution in [0.1, 0.15) is 38.5 Å². The molecule has 2 N–H and O–H groups in total. The van der Waals surface area contributed by atoms with E-state index in [-0.39, 0.29) is 72.0 Å². The molecular formula is C10H20N2Na2O8P2. The molecule has 0 radical (unpaired) electrons. The van der Waals surface area contributed by atoms with Gasteiger partial charge in [-0.3, -0.25) is 9.13 Å². The van der Waals surface area contributed by atoms with Gasteiger partial charge in [0, 0.05) is 14.2 Å². The molecule has 14 heteroatoms. The van der Waals surface area contributed by atoms with E-state index in [0.29, 0.717) is 25.7 Å². The van der Waals surface area contributed by atoms with Gasteiger partial charge in [0.1, 0.15) is 10.9 Å². The summed E-state index contributed by atoms with van der Waals surface area (Å²) in [7, 11) is -6.17. The molecule has 0 heterocycles. The van der Waals surface area contributed by atoms with Gasteiger partial charge in [0.25, 0.3) is 0 Å². The maximum absolute atomic E-state index is 11.4. The van der Waals surface area contributed by atoms with Crippen LogP contribution in [-0.4, -0.2) is 34.9 Å². The van der Waals surface area contributed by atoms with Crippen LogP contribution in [-0.2, 0) is 18.2 Å². The first-order chi connectivity index (χ1) is 10.2. The van der Waals surface area contributed by atoms with Crippen molar-refractivity contribution in [3.05, 3.63) is 10.4 Å². The Labute approximate surface area is 185 Å².